The molecule has 1 aromatic rings. The summed E-state index contributed by atoms with van der Waals surface area (Å²) in [6, 6.07) is 6.25. The van der Waals surface area contributed by atoms with Gasteiger partial charge in [0, 0.05) is 25.8 Å². The van der Waals surface area contributed by atoms with E-state index in [1.54, 1.807) is 18.2 Å². The van der Waals surface area contributed by atoms with Gasteiger partial charge in [-0.05, 0) is 19.0 Å². The standard InChI is InChI=1S/C15H24FNO3/c1-11(8-17(2)9-12(18)10-20-3)15(19)13-6-4-5-7-14(13)16/h4-7,11-12,15,18-19H,8-10H2,1-3H3. The van der Waals surface area contributed by atoms with Gasteiger partial charge in [-0.1, -0.05) is 25.1 Å². The van der Waals surface area contributed by atoms with Crippen LogP contribution in [0, 0.1) is 11.7 Å². The van der Waals surface area contributed by atoms with Gasteiger partial charge in [0.2, 0.25) is 0 Å². The van der Waals surface area contributed by atoms with Crippen LogP contribution in [0.15, 0.2) is 24.3 Å². The number of ether oxygens (including phenoxy) is 1. The lowest BCUT2D eigenvalue weighted by Gasteiger charge is -2.26. The molecule has 1 aromatic carbocycles. The molecule has 0 fully saturated rings. The second-order valence-corrected chi connectivity index (χ2v) is 5.27. The third-order valence-corrected chi connectivity index (χ3v) is 3.24. The monoisotopic (exact) mass is 285 g/mol. The molecule has 0 heterocycles. The van der Waals surface area contributed by atoms with Crippen molar-refractivity contribution in [3.63, 3.8) is 0 Å². The van der Waals surface area contributed by atoms with Crippen molar-refractivity contribution in [2.45, 2.75) is 19.1 Å². The first-order valence-corrected chi connectivity index (χ1v) is 6.73. The molecule has 2 N–H and O–H groups in total. The molecule has 20 heavy (non-hydrogen) atoms. The lowest BCUT2D eigenvalue weighted by molar-refractivity contribution is 0.0311. The van der Waals surface area contributed by atoms with Crippen molar-refractivity contribution in [1.82, 2.24) is 4.90 Å². The highest BCUT2D eigenvalue weighted by Crippen LogP contribution is 2.24. The van der Waals surface area contributed by atoms with Crippen LogP contribution in [0.2, 0.25) is 0 Å². The topological polar surface area (TPSA) is 52.9 Å². The highest BCUT2D eigenvalue weighted by atomic mass is 19.1. The van der Waals surface area contributed by atoms with E-state index in [9.17, 15) is 14.6 Å². The molecule has 114 valence electrons. The summed E-state index contributed by atoms with van der Waals surface area (Å²) in [5.74, 6) is -0.541. The van der Waals surface area contributed by atoms with Crippen LogP contribution in [0.4, 0.5) is 4.39 Å². The van der Waals surface area contributed by atoms with Gasteiger partial charge in [-0.2, -0.15) is 0 Å². The molecular weight excluding hydrogens is 261 g/mol. The molecule has 0 saturated heterocycles. The maximum absolute atomic E-state index is 13.6. The number of aliphatic hydroxyl groups excluding tert-OH is 2. The predicted octanol–water partition coefficient (Wildman–Crippen LogP) is 1.43. The second-order valence-electron chi connectivity index (χ2n) is 5.27. The third-order valence-electron chi connectivity index (χ3n) is 3.24. The largest absolute Gasteiger partial charge is 0.389 e. The minimum absolute atomic E-state index is 0.147. The number of rotatable bonds is 8. The first-order valence-electron chi connectivity index (χ1n) is 6.73. The summed E-state index contributed by atoms with van der Waals surface area (Å²) < 4.78 is 18.5. The highest BCUT2D eigenvalue weighted by molar-refractivity contribution is 5.20. The Balaban J connectivity index is 2.53. The van der Waals surface area contributed by atoms with Gasteiger partial charge in [0.15, 0.2) is 0 Å². The van der Waals surface area contributed by atoms with Crippen molar-refractivity contribution < 1.29 is 19.3 Å². The fourth-order valence-corrected chi connectivity index (χ4v) is 2.29. The molecule has 0 bridgehead atoms. The fraction of sp³-hybridized carbons (Fsp3) is 0.600. The van der Waals surface area contributed by atoms with Crippen LogP contribution in [0.25, 0.3) is 0 Å². The molecule has 0 amide bonds. The number of halogens is 1. The van der Waals surface area contributed by atoms with Crippen LogP contribution in [-0.4, -0.2) is 55.1 Å². The average Bonchev–Trinajstić information content (AvgIpc) is 2.38. The summed E-state index contributed by atoms with van der Waals surface area (Å²) in [5.41, 5.74) is 0.311. The minimum atomic E-state index is -0.863. The van der Waals surface area contributed by atoms with Crippen LogP contribution in [0.3, 0.4) is 0 Å². The van der Waals surface area contributed by atoms with E-state index in [1.165, 1.54) is 13.2 Å². The van der Waals surface area contributed by atoms with Gasteiger partial charge in [-0.3, -0.25) is 0 Å². The number of hydrogen-bond acceptors (Lipinski definition) is 4. The van der Waals surface area contributed by atoms with E-state index < -0.39 is 18.0 Å². The second kappa shape index (κ2) is 8.32. The Morgan fingerprint density at radius 1 is 1.25 bits per heavy atom. The molecule has 1 rings (SSSR count). The van der Waals surface area contributed by atoms with Gasteiger partial charge >= 0.3 is 0 Å². The van der Waals surface area contributed by atoms with E-state index in [0.29, 0.717) is 18.7 Å². The summed E-state index contributed by atoms with van der Waals surface area (Å²) in [7, 11) is 3.39. The first-order chi connectivity index (χ1) is 9.45. The van der Waals surface area contributed by atoms with Gasteiger partial charge in [0.25, 0.3) is 0 Å². The van der Waals surface area contributed by atoms with Crippen LogP contribution in [0.5, 0.6) is 0 Å². The maximum Gasteiger partial charge on any atom is 0.129 e. The van der Waals surface area contributed by atoms with Crippen molar-refractivity contribution in [1.29, 1.82) is 0 Å². The van der Waals surface area contributed by atoms with E-state index in [1.807, 2.05) is 18.9 Å². The molecule has 0 radical (unpaired) electrons. The third kappa shape index (κ3) is 5.17. The van der Waals surface area contributed by atoms with Gasteiger partial charge < -0.3 is 19.8 Å². The molecule has 0 aliphatic carbocycles. The summed E-state index contributed by atoms with van der Waals surface area (Å²) in [4.78, 5) is 1.90. The SMILES string of the molecule is COCC(O)CN(C)CC(C)C(O)c1ccccc1F. The Hall–Kier alpha value is -1.01. The molecule has 3 atom stereocenters. The van der Waals surface area contributed by atoms with Crippen LogP contribution in [-0.2, 0) is 4.74 Å². The lowest BCUT2D eigenvalue weighted by Crippen LogP contribution is -2.36. The Morgan fingerprint density at radius 3 is 2.50 bits per heavy atom. The summed E-state index contributed by atoms with van der Waals surface area (Å²) in [5, 5.41) is 19.8. The number of likely N-dealkylation sites (N-methyl/N-ethyl adjacent to an activating group) is 1. The fourth-order valence-electron chi connectivity index (χ4n) is 2.29. The number of benzene rings is 1. The van der Waals surface area contributed by atoms with Gasteiger partial charge in [-0.15, -0.1) is 0 Å². The molecule has 3 unspecified atom stereocenters. The number of aliphatic hydroxyl groups is 2. The summed E-state index contributed by atoms with van der Waals surface area (Å²) in [6.07, 6.45) is -1.43. The molecule has 0 aliphatic heterocycles. The van der Waals surface area contributed by atoms with Crippen LogP contribution in [0.1, 0.15) is 18.6 Å². The molecule has 0 saturated carbocycles. The summed E-state index contributed by atoms with van der Waals surface area (Å²) in [6.45, 7) is 3.13. The molecule has 0 spiro atoms. The maximum atomic E-state index is 13.6. The van der Waals surface area contributed by atoms with Gasteiger partial charge in [-0.25, -0.2) is 4.39 Å². The van der Waals surface area contributed by atoms with E-state index in [-0.39, 0.29) is 12.5 Å². The number of methoxy groups -OCH3 is 1. The highest BCUT2D eigenvalue weighted by Gasteiger charge is 2.21. The van der Waals surface area contributed by atoms with E-state index >= 15 is 0 Å². The molecule has 0 aliphatic rings. The van der Waals surface area contributed by atoms with E-state index in [2.05, 4.69) is 0 Å². The molecular formula is C15H24FNO3. The van der Waals surface area contributed by atoms with Crippen LogP contribution < -0.4 is 0 Å². The number of hydrogen-bond donors (Lipinski definition) is 2. The van der Waals surface area contributed by atoms with E-state index in [0.717, 1.165) is 0 Å². The first kappa shape index (κ1) is 17.0. The minimum Gasteiger partial charge on any atom is -0.389 e. The lowest BCUT2D eigenvalue weighted by atomic mass is 9.96. The Kier molecular flexibility index (Phi) is 7.09. The Labute approximate surface area is 119 Å². The van der Waals surface area contributed by atoms with Crippen molar-refractivity contribution >= 4 is 0 Å². The zero-order chi connectivity index (χ0) is 15.1. The average molecular weight is 285 g/mol. The molecule has 4 nitrogen and oxygen atoms in total. The van der Waals surface area contributed by atoms with Crippen molar-refractivity contribution in [2.75, 3.05) is 33.9 Å². The van der Waals surface area contributed by atoms with Gasteiger partial charge in [0.05, 0.1) is 18.8 Å². The van der Waals surface area contributed by atoms with Crippen molar-refractivity contribution in [3.8, 4) is 0 Å². The van der Waals surface area contributed by atoms with Crippen molar-refractivity contribution in [3.05, 3.63) is 35.6 Å². The smallest absolute Gasteiger partial charge is 0.129 e. The molecule has 0 aromatic heterocycles. The van der Waals surface area contributed by atoms with E-state index in [4.69, 9.17) is 4.74 Å². The zero-order valence-electron chi connectivity index (χ0n) is 12.3. The summed E-state index contributed by atoms with van der Waals surface area (Å²) >= 11 is 0. The number of nitrogens with zero attached hydrogens (tertiary/aromatic N) is 1. The zero-order valence-corrected chi connectivity index (χ0v) is 12.3. The quantitative estimate of drug-likeness (QED) is 0.759. The predicted molar refractivity (Wildman–Crippen MR) is 75.9 cm³/mol. The normalized spacial score (nSPS) is 16.1. The Morgan fingerprint density at radius 2 is 1.90 bits per heavy atom. The van der Waals surface area contributed by atoms with Crippen LogP contribution >= 0.6 is 0 Å². The van der Waals surface area contributed by atoms with Crippen molar-refractivity contribution in [2.24, 2.45) is 5.92 Å². The van der Waals surface area contributed by atoms with Gasteiger partial charge in [0.1, 0.15) is 5.82 Å². The molecule has 5 heteroatoms. The Bertz CT molecular complexity index is 402.